The molecule has 2 N–H and O–H groups in total. The molecule has 5 heteroatoms. The number of phenolic OH excluding ortho intramolecular Hbond substituents is 1. The molecule has 4 rings (SSSR count). The van der Waals surface area contributed by atoms with Crippen molar-refractivity contribution >= 4 is 11.7 Å². The van der Waals surface area contributed by atoms with Crippen LogP contribution in [0.4, 0.5) is 0 Å². The number of rotatable bonds is 3. The predicted molar refractivity (Wildman–Crippen MR) is 93.7 cm³/mol. The zero-order valence-corrected chi connectivity index (χ0v) is 14.6. The first kappa shape index (κ1) is 16.4. The van der Waals surface area contributed by atoms with Gasteiger partial charge in [0.1, 0.15) is 5.75 Å². The van der Waals surface area contributed by atoms with Gasteiger partial charge >= 0.3 is 5.97 Å². The second kappa shape index (κ2) is 6.04. The van der Waals surface area contributed by atoms with E-state index in [1.54, 1.807) is 0 Å². The van der Waals surface area contributed by atoms with Crippen LogP contribution in [0.2, 0.25) is 0 Å². The van der Waals surface area contributed by atoms with E-state index in [-0.39, 0.29) is 12.0 Å². The molecule has 2 saturated carbocycles. The number of aromatic hydroxyl groups is 1. The summed E-state index contributed by atoms with van der Waals surface area (Å²) in [5.74, 6) is 1.17. The second-order valence-electron chi connectivity index (χ2n) is 8.00. The highest BCUT2D eigenvalue weighted by atomic mass is 16.6. The molecule has 0 amide bonds. The van der Waals surface area contributed by atoms with Crippen LogP contribution < -0.4 is 0 Å². The molecule has 4 atom stereocenters. The monoisotopic (exact) mass is 343 g/mol. The number of oxime groups is 1. The smallest absolute Gasteiger partial charge is 0.344 e. The van der Waals surface area contributed by atoms with Gasteiger partial charge in [-0.15, -0.1) is 0 Å². The van der Waals surface area contributed by atoms with Crippen molar-refractivity contribution in [2.24, 2.45) is 22.4 Å². The molecule has 1 aromatic carbocycles. The summed E-state index contributed by atoms with van der Waals surface area (Å²) < 4.78 is 0. The molecule has 5 nitrogen and oxygen atoms in total. The van der Waals surface area contributed by atoms with E-state index >= 15 is 0 Å². The molecular formula is C20H25NO4. The van der Waals surface area contributed by atoms with Crippen LogP contribution in [0.3, 0.4) is 0 Å². The topological polar surface area (TPSA) is 79.1 Å². The van der Waals surface area contributed by atoms with Crippen molar-refractivity contribution in [3.8, 4) is 5.75 Å². The van der Waals surface area contributed by atoms with Crippen molar-refractivity contribution in [2.45, 2.75) is 51.4 Å². The molecule has 25 heavy (non-hydrogen) atoms. The molecule has 0 spiro atoms. The Hall–Kier alpha value is -2.04. The number of phenols is 1. The third-order valence-electron chi connectivity index (χ3n) is 6.81. The minimum atomic E-state index is -0.986. The van der Waals surface area contributed by atoms with Gasteiger partial charge in [-0.1, -0.05) is 18.1 Å². The third-order valence-corrected chi connectivity index (χ3v) is 6.81. The maximum absolute atomic E-state index is 10.7. The third kappa shape index (κ3) is 2.70. The number of carbonyl (C=O) groups is 1. The Bertz CT molecular complexity index is 728. The summed E-state index contributed by atoms with van der Waals surface area (Å²) in [5, 5.41) is 22.7. The highest BCUT2D eigenvalue weighted by Crippen LogP contribution is 2.59. The Labute approximate surface area is 147 Å². The Morgan fingerprint density at radius 1 is 1.32 bits per heavy atom. The molecule has 134 valence electrons. The van der Waals surface area contributed by atoms with Gasteiger partial charge in [-0.05, 0) is 79.5 Å². The van der Waals surface area contributed by atoms with Crippen molar-refractivity contribution < 1.29 is 19.8 Å². The number of carboxylic acids is 1. The Balaban J connectivity index is 1.58. The lowest BCUT2D eigenvalue weighted by molar-refractivity contribution is -0.142. The van der Waals surface area contributed by atoms with Gasteiger partial charge in [0, 0.05) is 5.41 Å². The van der Waals surface area contributed by atoms with E-state index in [9.17, 15) is 9.90 Å². The van der Waals surface area contributed by atoms with Gasteiger partial charge in [0.15, 0.2) is 0 Å². The molecule has 0 heterocycles. The number of benzene rings is 1. The van der Waals surface area contributed by atoms with E-state index < -0.39 is 5.97 Å². The van der Waals surface area contributed by atoms with E-state index in [2.05, 4.69) is 18.1 Å². The number of aliphatic carboxylic acids is 1. The van der Waals surface area contributed by atoms with Crippen LogP contribution in [0, 0.1) is 17.3 Å². The van der Waals surface area contributed by atoms with Crippen LogP contribution in [0.25, 0.3) is 0 Å². The molecule has 1 aromatic rings. The lowest BCUT2D eigenvalue weighted by Gasteiger charge is -2.49. The molecule has 0 aromatic heterocycles. The fourth-order valence-electron chi connectivity index (χ4n) is 5.67. The number of carboxylic acid groups (broad SMARTS) is 1. The zero-order valence-electron chi connectivity index (χ0n) is 14.6. The van der Waals surface area contributed by atoms with E-state index in [4.69, 9.17) is 9.94 Å². The molecule has 0 bridgehead atoms. The Kier molecular flexibility index (Phi) is 3.97. The normalized spacial score (nSPS) is 34.9. The summed E-state index contributed by atoms with van der Waals surface area (Å²) in [6.07, 6.45) is 6.39. The molecule has 0 saturated heterocycles. The maximum Gasteiger partial charge on any atom is 0.344 e. The van der Waals surface area contributed by atoms with Gasteiger partial charge in [0.05, 0.1) is 5.71 Å². The van der Waals surface area contributed by atoms with Crippen molar-refractivity contribution in [3.63, 3.8) is 0 Å². The first-order valence-corrected chi connectivity index (χ1v) is 9.22. The molecule has 0 radical (unpaired) electrons. The van der Waals surface area contributed by atoms with E-state index in [1.807, 2.05) is 12.1 Å². The first-order valence-electron chi connectivity index (χ1n) is 9.22. The lowest BCUT2D eigenvalue weighted by atomic mass is 9.55. The van der Waals surface area contributed by atoms with Crippen molar-refractivity contribution in [1.29, 1.82) is 0 Å². The van der Waals surface area contributed by atoms with Crippen LogP contribution >= 0.6 is 0 Å². The predicted octanol–water partition coefficient (Wildman–Crippen LogP) is 3.71. The number of nitrogens with zero attached hydrogens (tertiary/aromatic N) is 1. The van der Waals surface area contributed by atoms with E-state index in [0.29, 0.717) is 23.5 Å². The molecule has 3 aliphatic rings. The van der Waals surface area contributed by atoms with Gasteiger partial charge in [0.2, 0.25) is 6.61 Å². The number of hydrogen-bond acceptors (Lipinski definition) is 4. The summed E-state index contributed by atoms with van der Waals surface area (Å²) >= 11 is 0. The van der Waals surface area contributed by atoms with Gasteiger partial charge in [-0.2, -0.15) is 0 Å². The summed E-state index contributed by atoms with van der Waals surface area (Å²) in [5.41, 5.74) is 3.81. The van der Waals surface area contributed by atoms with Crippen LogP contribution in [0.1, 0.15) is 56.1 Å². The maximum atomic E-state index is 10.7. The van der Waals surface area contributed by atoms with Crippen LogP contribution in [0.15, 0.2) is 23.4 Å². The highest BCUT2D eigenvalue weighted by molar-refractivity contribution is 5.92. The van der Waals surface area contributed by atoms with Gasteiger partial charge in [0.25, 0.3) is 0 Å². The lowest BCUT2D eigenvalue weighted by Crippen LogP contribution is -2.42. The van der Waals surface area contributed by atoms with Crippen molar-refractivity contribution in [2.75, 3.05) is 6.61 Å². The van der Waals surface area contributed by atoms with Gasteiger partial charge < -0.3 is 15.1 Å². The zero-order chi connectivity index (χ0) is 17.6. The quantitative estimate of drug-likeness (QED) is 0.820. The molecule has 3 aliphatic carbocycles. The Morgan fingerprint density at radius 3 is 2.96 bits per heavy atom. The standard InChI is InChI=1S/C20H25NO4/c1-20-9-8-15-14-5-3-13(22)10-12(14)2-4-16(15)17(20)6-7-18(20)21-25-11-19(23)24/h3,5,10,15-17,22H,2,4,6-9,11H2,1H3,(H,23,24)/b21-18+/t15-,16+,17-,20+/m1/s1. The Morgan fingerprint density at radius 2 is 2.16 bits per heavy atom. The molecule has 0 unspecified atom stereocenters. The van der Waals surface area contributed by atoms with Crippen molar-refractivity contribution in [3.05, 3.63) is 29.3 Å². The SMILES string of the molecule is C[C@]12CC[C@@H]3c4ccc(O)cc4CC[C@@H]3[C@H]1CC/C2=N\OCC(=O)O. The minimum absolute atomic E-state index is 0.0358. The summed E-state index contributed by atoms with van der Waals surface area (Å²) in [6.45, 7) is 1.92. The molecule has 2 fully saturated rings. The fraction of sp³-hybridized carbons (Fsp3) is 0.600. The van der Waals surface area contributed by atoms with Crippen LogP contribution in [0.5, 0.6) is 5.75 Å². The largest absolute Gasteiger partial charge is 0.508 e. The van der Waals surface area contributed by atoms with Gasteiger partial charge in [-0.25, -0.2) is 4.79 Å². The summed E-state index contributed by atoms with van der Waals surface area (Å²) in [4.78, 5) is 15.7. The summed E-state index contributed by atoms with van der Waals surface area (Å²) in [6, 6.07) is 5.86. The second-order valence-corrected chi connectivity index (χ2v) is 8.00. The first-order chi connectivity index (χ1) is 12.0. The average molecular weight is 343 g/mol. The average Bonchev–Trinajstić information content (AvgIpc) is 2.91. The van der Waals surface area contributed by atoms with E-state index in [0.717, 1.165) is 44.2 Å². The highest BCUT2D eigenvalue weighted by Gasteiger charge is 2.53. The fourth-order valence-corrected chi connectivity index (χ4v) is 5.67. The minimum Gasteiger partial charge on any atom is -0.508 e. The van der Waals surface area contributed by atoms with Crippen molar-refractivity contribution in [1.82, 2.24) is 0 Å². The van der Waals surface area contributed by atoms with Gasteiger partial charge in [-0.3, -0.25) is 0 Å². The molecular weight excluding hydrogens is 318 g/mol. The van der Waals surface area contributed by atoms with Crippen LogP contribution in [-0.4, -0.2) is 28.5 Å². The number of hydrogen-bond donors (Lipinski definition) is 2. The van der Waals surface area contributed by atoms with Crippen LogP contribution in [-0.2, 0) is 16.1 Å². The van der Waals surface area contributed by atoms with E-state index in [1.165, 1.54) is 11.1 Å². The molecule has 0 aliphatic heterocycles. The number of fused-ring (bicyclic) bond motifs is 5. The summed E-state index contributed by atoms with van der Waals surface area (Å²) in [7, 11) is 0. The number of aryl methyl sites for hydroxylation is 1.